The Bertz CT molecular complexity index is 824. The lowest BCUT2D eigenvalue weighted by atomic mass is 9.81. The van der Waals surface area contributed by atoms with Gasteiger partial charge in [-0.05, 0) is 43.5 Å². The highest BCUT2D eigenvalue weighted by Crippen LogP contribution is 2.37. The molecule has 0 bridgehead atoms. The van der Waals surface area contributed by atoms with Gasteiger partial charge in [-0.3, -0.25) is 28.9 Å². The van der Waals surface area contributed by atoms with E-state index < -0.39 is 24.9 Å². The van der Waals surface area contributed by atoms with Crippen molar-refractivity contribution in [2.45, 2.75) is 45.4 Å². The Kier molecular flexibility index (Phi) is 6.97. The summed E-state index contributed by atoms with van der Waals surface area (Å²) in [5, 5.41) is 2.72. The van der Waals surface area contributed by atoms with Gasteiger partial charge in [0.25, 0.3) is 0 Å². The van der Waals surface area contributed by atoms with Gasteiger partial charge in [0.2, 0.25) is 17.7 Å². The summed E-state index contributed by atoms with van der Waals surface area (Å²) in [6.45, 7) is 0.967. The SMILES string of the molecule is CCCC(=O)Nc1ccc(C(=O)COC(=O)CN2C(=O)C3CCCCC3C2=O)cc1. The zero-order valence-corrected chi connectivity index (χ0v) is 17.0. The highest BCUT2D eigenvalue weighted by molar-refractivity contribution is 6.07. The first-order valence-electron chi connectivity index (χ1n) is 10.3. The van der Waals surface area contributed by atoms with Crippen LogP contribution in [0.4, 0.5) is 5.69 Å². The van der Waals surface area contributed by atoms with Crippen LogP contribution in [0.2, 0.25) is 0 Å². The van der Waals surface area contributed by atoms with E-state index in [4.69, 9.17) is 4.74 Å². The summed E-state index contributed by atoms with van der Waals surface area (Å²) in [6, 6.07) is 6.28. The molecule has 2 aliphatic rings. The van der Waals surface area contributed by atoms with E-state index in [2.05, 4.69) is 5.32 Å². The van der Waals surface area contributed by atoms with E-state index in [1.165, 1.54) is 12.1 Å². The molecule has 8 heteroatoms. The third-order valence-corrected chi connectivity index (χ3v) is 5.55. The first-order valence-corrected chi connectivity index (χ1v) is 10.3. The van der Waals surface area contributed by atoms with E-state index in [9.17, 15) is 24.0 Å². The number of carbonyl (C=O) groups is 5. The van der Waals surface area contributed by atoms with Gasteiger partial charge in [0.05, 0.1) is 11.8 Å². The second kappa shape index (κ2) is 9.65. The summed E-state index contributed by atoms with van der Waals surface area (Å²) in [5.74, 6) is -2.57. The van der Waals surface area contributed by atoms with E-state index >= 15 is 0 Å². The lowest BCUT2D eigenvalue weighted by molar-refractivity contribution is -0.152. The third-order valence-electron chi connectivity index (χ3n) is 5.55. The molecule has 1 aromatic rings. The lowest BCUT2D eigenvalue weighted by Crippen LogP contribution is -2.37. The zero-order valence-electron chi connectivity index (χ0n) is 17.0. The van der Waals surface area contributed by atoms with Crippen molar-refractivity contribution in [3.63, 3.8) is 0 Å². The number of benzene rings is 1. The number of nitrogens with zero attached hydrogens (tertiary/aromatic N) is 1. The standard InChI is InChI=1S/C22H26N2O6/c1-2-5-19(26)23-15-10-8-14(9-11-15)18(25)13-30-20(27)12-24-21(28)16-6-3-4-7-17(16)22(24)29/h8-11,16-17H,2-7,12-13H2,1H3,(H,23,26). The maximum Gasteiger partial charge on any atom is 0.326 e. The smallest absolute Gasteiger partial charge is 0.326 e. The number of hydrogen-bond donors (Lipinski definition) is 1. The largest absolute Gasteiger partial charge is 0.456 e. The second-order valence-electron chi connectivity index (χ2n) is 7.72. The number of imide groups is 1. The Balaban J connectivity index is 1.48. The number of ether oxygens (including phenoxy) is 1. The van der Waals surface area contributed by atoms with Crippen LogP contribution in [0.3, 0.4) is 0 Å². The Labute approximate surface area is 174 Å². The molecule has 3 amide bonds. The molecule has 2 fully saturated rings. The number of hydrogen-bond acceptors (Lipinski definition) is 6. The quantitative estimate of drug-likeness (QED) is 0.397. The van der Waals surface area contributed by atoms with Gasteiger partial charge in [-0.2, -0.15) is 0 Å². The number of anilines is 1. The topological polar surface area (TPSA) is 110 Å². The molecule has 160 valence electrons. The van der Waals surface area contributed by atoms with Crippen molar-refractivity contribution in [3.05, 3.63) is 29.8 Å². The fourth-order valence-electron chi connectivity index (χ4n) is 3.98. The molecule has 1 saturated carbocycles. The van der Waals surface area contributed by atoms with Gasteiger partial charge in [0.15, 0.2) is 12.4 Å². The fourth-order valence-corrected chi connectivity index (χ4v) is 3.98. The van der Waals surface area contributed by atoms with Crippen molar-refractivity contribution in [2.24, 2.45) is 11.8 Å². The monoisotopic (exact) mass is 414 g/mol. The Hall–Kier alpha value is -3.03. The van der Waals surface area contributed by atoms with E-state index in [0.717, 1.165) is 24.2 Å². The van der Waals surface area contributed by atoms with Crippen molar-refractivity contribution in [1.29, 1.82) is 0 Å². The van der Waals surface area contributed by atoms with Crippen LogP contribution in [-0.2, 0) is 23.9 Å². The van der Waals surface area contributed by atoms with Gasteiger partial charge in [0.1, 0.15) is 6.54 Å². The Morgan fingerprint density at radius 2 is 1.63 bits per heavy atom. The third kappa shape index (κ3) is 4.93. The van der Waals surface area contributed by atoms with E-state index in [1.54, 1.807) is 12.1 Å². The average Bonchev–Trinajstić information content (AvgIpc) is 2.98. The molecule has 1 saturated heterocycles. The number of rotatable bonds is 8. The number of esters is 1. The Morgan fingerprint density at radius 3 is 2.20 bits per heavy atom. The molecule has 2 atom stereocenters. The van der Waals surface area contributed by atoms with Gasteiger partial charge in [-0.1, -0.05) is 19.8 Å². The predicted molar refractivity (Wildman–Crippen MR) is 107 cm³/mol. The van der Waals surface area contributed by atoms with E-state index in [1.807, 2.05) is 6.92 Å². The van der Waals surface area contributed by atoms with E-state index in [-0.39, 0.29) is 29.6 Å². The van der Waals surface area contributed by atoms with Gasteiger partial charge in [-0.25, -0.2) is 0 Å². The van der Waals surface area contributed by atoms with Crippen LogP contribution in [0.25, 0.3) is 0 Å². The molecule has 3 rings (SSSR count). The predicted octanol–water partition coefficient (Wildman–Crippen LogP) is 2.33. The van der Waals surface area contributed by atoms with Crippen molar-refractivity contribution >= 4 is 35.2 Å². The Morgan fingerprint density at radius 1 is 1.03 bits per heavy atom. The minimum Gasteiger partial charge on any atom is -0.456 e. The maximum absolute atomic E-state index is 12.4. The molecule has 30 heavy (non-hydrogen) atoms. The molecule has 0 radical (unpaired) electrons. The minimum atomic E-state index is -0.785. The van der Waals surface area contributed by atoms with Crippen molar-refractivity contribution in [1.82, 2.24) is 4.90 Å². The number of amides is 3. The number of fused-ring (bicyclic) bond motifs is 1. The van der Waals surface area contributed by atoms with Crippen molar-refractivity contribution in [2.75, 3.05) is 18.5 Å². The van der Waals surface area contributed by atoms with Crippen LogP contribution in [0.15, 0.2) is 24.3 Å². The molecular formula is C22H26N2O6. The average molecular weight is 414 g/mol. The van der Waals surface area contributed by atoms with Crippen LogP contribution in [0.1, 0.15) is 55.8 Å². The normalized spacial score (nSPS) is 20.6. The van der Waals surface area contributed by atoms with Gasteiger partial charge >= 0.3 is 5.97 Å². The number of ketones is 1. The molecule has 0 spiro atoms. The molecular weight excluding hydrogens is 388 g/mol. The summed E-state index contributed by atoms with van der Waals surface area (Å²) in [4.78, 5) is 61.7. The van der Waals surface area contributed by atoms with Crippen molar-refractivity contribution < 1.29 is 28.7 Å². The van der Waals surface area contributed by atoms with Crippen LogP contribution in [0, 0.1) is 11.8 Å². The molecule has 1 aliphatic carbocycles. The molecule has 2 unspecified atom stereocenters. The lowest BCUT2D eigenvalue weighted by Gasteiger charge is -2.19. The summed E-state index contributed by atoms with van der Waals surface area (Å²) in [7, 11) is 0. The summed E-state index contributed by atoms with van der Waals surface area (Å²) >= 11 is 0. The number of nitrogens with one attached hydrogen (secondary N) is 1. The first kappa shape index (κ1) is 21.7. The zero-order chi connectivity index (χ0) is 21.7. The van der Waals surface area contributed by atoms with Crippen LogP contribution >= 0.6 is 0 Å². The van der Waals surface area contributed by atoms with Gasteiger partial charge in [-0.15, -0.1) is 0 Å². The number of Topliss-reactive ketones (excluding diaryl/α,β-unsaturated/α-hetero) is 1. The molecule has 8 nitrogen and oxygen atoms in total. The molecule has 1 aromatic carbocycles. The number of likely N-dealkylation sites (tertiary alicyclic amines) is 1. The molecule has 0 aromatic heterocycles. The van der Waals surface area contributed by atoms with Crippen LogP contribution < -0.4 is 5.32 Å². The van der Waals surface area contributed by atoms with E-state index in [0.29, 0.717) is 30.5 Å². The summed E-state index contributed by atoms with van der Waals surface area (Å²) < 4.78 is 4.99. The molecule has 1 aliphatic heterocycles. The molecule has 1 N–H and O–H groups in total. The minimum absolute atomic E-state index is 0.101. The van der Waals surface area contributed by atoms with Gasteiger partial charge < -0.3 is 10.1 Å². The van der Waals surface area contributed by atoms with Crippen molar-refractivity contribution in [3.8, 4) is 0 Å². The second-order valence-corrected chi connectivity index (χ2v) is 7.72. The number of carbonyl (C=O) groups excluding carboxylic acids is 5. The van der Waals surface area contributed by atoms with Crippen LogP contribution in [-0.4, -0.2) is 47.5 Å². The fraction of sp³-hybridized carbons (Fsp3) is 0.500. The summed E-state index contributed by atoms with van der Waals surface area (Å²) in [6.07, 6.45) is 4.33. The first-order chi connectivity index (χ1) is 14.4. The highest BCUT2D eigenvalue weighted by atomic mass is 16.5. The molecule has 1 heterocycles. The maximum atomic E-state index is 12.4. The van der Waals surface area contributed by atoms with Gasteiger partial charge in [0, 0.05) is 17.7 Å². The highest BCUT2D eigenvalue weighted by Gasteiger charge is 2.48. The summed E-state index contributed by atoms with van der Waals surface area (Å²) in [5.41, 5.74) is 0.908. The van der Waals surface area contributed by atoms with Crippen LogP contribution in [0.5, 0.6) is 0 Å².